The lowest BCUT2D eigenvalue weighted by Gasteiger charge is -2.18. The van der Waals surface area contributed by atoms with E-state index in [2.05, 4.69) is 10.3 Å². The quantitative estimate of drug-likeness (QED) is 0.899. The second-order valence-electron chi connectivity index (χ2n) is 6.42. The van der Waals surface area contributed by atoms with Crippen molar-refractivity contribution in [2.24, 2.45) is 0 Å². The Morgan fingerprint density at radius 2 is 1.81 bits per heavy atom. The standard InChI is InChI=1S/C21H23N3O2/c1-24(21(26)18-11-13-22-14-12-18)19-9-7-16(8-10-19)15-23-20(25)17-5-3-2-4-6-17/h5,7-14H,2-4,6,15H2,1H3,(H,23,25). The van der Waals surface area contributed by atoms with Gasteiger partial charge in [-0.15, -0.1) is 0 Å². The Kier molecular flexibility index (Phi) is 5.79. The van der Waals surface area contributed by atoms with E-state index < -0.39 is 0 Å². The molecule has 0 aliphatic heterocycles. The van der Waals surface area contributed by atoms with E-state index in [-0.39, 0.29) is 11.8 Å². The van der Waals surface area contributed by atoms with E-state index >= 15 is 0 Å². The van der Waals surface area contributed by atoms with Crippen molar-refractivity contribution in [2.45, 2.75) is 32.2 Å². The lowest BCUT2D eigenvalue weighted by atomic mass is 9.99. The van der Waals surface area contributed by atoms with Gasteiger partial charge in [-0.1, -0.05) is 18.2 Å². The second-order valence-corrected chi connectivity index (χ2v) is 6.42. The Morgan fingerprint density at radius 1 is 1.08 bits per heavy atom. The molecular formula is C21H23N3O2. The number of hydrogen-bond donors (Lipinski definition) is 1. The van der Waals surface area contributed by atoms with Crippen molar-refractivity contribution in [2.75, 3.05) is 11.9 Å². The zero-order valence-corrected chi connectivity index (χ0v) is 14.9. The SMILES string of the molecule is CN(C(=O)c1ccncc1)c1ccc(CNC(=O)C2=CCCCC2)cc1. The van der Waals surface area contributed by atoms with Gasteiger partial charge in [0, 0.05) is 42.8 Å². The van der Waals surface area contributed by atoms with Crippen molar-refractivity contribution >= 4 is 17.5 Å². The van der Waals surface area contributed by atoms with Crippen LogP contribution in [0.3, 0.4) is 0 Å². The monoisotopic (exact) mass is 349 g/mol. The molecule has 5 nitrogen and oxygen atoms in total. The molecule has 1 aromatic heterocycles. The number of rotatable bonds is 5. The van der Waals surface area contributed by atoms with Crippen LogP contribution in [-0.2, 0) is 11.3 Å². The van der Waals surface area contributed by atoms with Gasteiger partial charge in [0.25, 0.3) is 5.91 Å². The predicted octanol–water partition coefficient (Wildman–Crippen LogP) is 3.47. The number of benzene rings is 1. The van der Waals surface area contributed by atoms with E-state index in [0.717, 1.165) is 36.1 Å². The normalized spacial score (nSPS) is 13.7. The van der Waals surface area contributed by atoms with Crippen molar-refractivity contribution in [1.82, 2.24) is 10.3 Å². The first-order chi connectivity index (χ1) is 12.6. The first-order valence-corrected chi connectivity index (χ1v) is 8.89. The number of nitrogens with one attached hydrogen (secondary N) is 1. The highest BCUT2D eigenvalue weighted by atomic mass is 16.2. The Balaban J connectivity index is 1.58. The molecular weight excluding hydrogens is 326 g/mol. The van der Waals surface area contributed by atoms with Gasteiger partial charge >= 0.3 is 0 Å². The highest BCUT2D eigenvalue weighted by Crippen LogP contribution is 2.18. The van der Waals surface area contributed by atoms with E-state index in [1.165, 1.54) is 6.42 Å². The number of anilines is 1. The highest BCUT2D eigenvalue weighted by molar-refractivity contribution is 6.05. The van der Waals surface area contributed by atoms with Gasteiger partial charge in [-0.3, -0.25) is 14.6 Å². The average Bonchev–Trinajstić information content (AvgIpc) is 2.72. The molecule has 1 aliphatic carbocycles. The molecule has 1 aromatic carbocycles. The molecule has 134 valence electrons. The predicted molar refractivity (Wildman–Crippen MR) is 102 cm³/mol. The summed E-state index contributed by atoms with van der Waals surface area (Å²) in [6, 6.07) is 11.0. The number of aromatic nitrogens is 1. The molecule has 0 unspecified atom stereocenters. The maximum atomic E-state index is 12.5. The zero-order chi connectivity index (χ0) is 18.4. The topological polar surface area (TPSA) is 62.3 Å². The summed E-state index contributed by atoms with van der Waals surface area (Å²) in [5.41, 5.74) is 3.30. The summed E-state index contributed by atoms with van der Waals surface area (Å²) in [7, 11) is 1.75. The lowest BCUT2D eigenvalue weighted by molar-refractivity contribution is -0.117. The molecule has 0 saturated heterocycles. The number of allylic oxidation sites excluding steroid dienone is 1. The van der Waals surface area contributed by atoms with Gasteiger partial charge in [0.15, 0.2) is 0 Å². The number of nitrogens with zero attached hydrogens (tertiary/aromatic N) is 2. The van der Waals surface area contributed by atoms with Crippen LogP contribution >= 0.6 is 0 Å². The van der Waals surface area contributed by atoms with Crippen LogP contribution in [0.5, 0.6) is 0 Å². The maximum Gasteiger partial charge on any atom is 0.258 e. The van der Waals surface area contributed by atoms with Crippen molar-refractivity contribution in [3.05, 3.63) is 71.6 Å². The summed E-state index contributed by atoms with van der Waals surface area (Å²) >= 11 is 0. The largest absolute Gasteiger partial charge is 0.348 e. The summed E-state index contributed by atoms with van der Waals surface area (Å²) in [4.78, 5) is 30.1. The van der Waals surface area contributed by atoms with Gasteiger partial charge in [0.1, 0.15) is 0 Å². The van der Waals surface area contributed by atoms with Crippen LogP contribution in [0.2, 0.25) is 0 Å². The number of amides is 2. The maximum absolute atomic E-state index is 12.5. The number of carbonyl (C=O) groups is 2. The first-order valence-electron chi connectivity index (χ1n) is 8.89. The third-order valence-electron chi connectivity index (χ3n) is 4.59. The minimum atomic E-state index is -0.0855. The fourth-order valence-electron chi connectivity index (χ4n) is 2.98. The molecule has 1 N–H and O–H groups in total. The van der Waals surface area contributed by atoms with Gasteiger partial charge in [-0.25, -0.2) is 0 Å². The summed E-state index contributed by atoms with van der Waals surface area (Å²) in [6.07, 6.45) is 9.38. The minimum absolute atomic E-state index is 0.0266. The van der Waals surface area contributed by atoms with Crippen LogP contribution in [-0.4, -0.2) is 23.8 Å². The Labute approximate surface area is 153 Å². The fourth-order valence-corrected chi connectivity index (χ4v) is 2.98. The Bertz CT molecular complexity index is 798. The molecule has 0 bridgehead atoms. The van der Waals surface area contributed by atoms with E-state index in [4.69, 9.17) is 0 Å². The zero-order valence-electron chi connectivity index (χ0n) is 14.9. The van der Waals surface area contributed by atoms with Crippen molar-refractivity contribution in [3.8, 4) is 0 Å². The van der Waals surface area contributed by atoms with Crippen molar-refractivity contribution in [1.29, 1.82) is 0 Å². The van der Waals surface area contributed by atoms with Crippen LogP contribution in [0.4, 0.5) is 5.69 Å². The smallest absolute Gasteiger partial charge is 0.258 e. The van der Waals surface area contributed by atoms with Crippen molar-refractivity contribution < 1.29 is 9.59 Å². The third kappa shape index (κ3) is 4.36. The first kappa shape index (κ1) is 17.9. The Hall–Kier alpha value is -2.95. The molecule has 3 rings (SSSR count). The molecule has 0 fully saturated rings. The highest BCUT2D eigenvalue weighted by Gasteiger charge is 2.14. The van der Waals surface area contributed by atoms with Gasteiger partial charge in [0.05, 0.1) is 0 Å². The van der Waals surface area contributed by atoms with Crippen LogP contribution in [0.15, 0.2) is 60.4 Å². The minimum Gasteiger partial charge on any atom is -0.348 e. The molecule has 0 spiro atoms. The van der Waals surface area contributed by atoms with E-state index in [9.17, 15) is 9.59 Å². The van der Waals surface area contributed by atoms with Crippen molar-refractivity contribution in [3.63, 3.8) is 0 Å². The number of carbonyl (C=O) groups excluding carboxylic acids is 2. The lowest BCUT2D eigenvalue weighted by Crippen LogP contribution is -2.26. The molecule has 0 saturated carbocycles. The van der Waals surface area contributed by atoms with Gasteiger partial charge in [-0.2, -0.15) is 0 Å². The van der Waals surface area contributed by atoms with Gasteiger partial charge in [-0.05, 0) is 55.5 Å². The fraction of sp³-hybridized carbons (Fsp3) is 0.286. The molecule has 0 radical (unpaired) electrons. The molecule has 1 aliphatic rings. The summed E-state index contributed by atoms with van der Waals surface area (Å²) < 4.78 is 0. The molecule has 2 amide bonds. The van der Waals surface area contributed by atoms with Gasteiger partial charge < -0.3 is 10.2 Å². The van der Waals surface area contributed by atoms with Crippen LogP contribution in [0.25, 0.3) is 0 Å². The summed E-state index contributed by atoms with van der Waals surface area (Å²) in [5, 5.41) is 2.97. The van der Waals surface area contributed by atoms with Crippen LogP contribution in [0, 0.1) is 0 Å². The summed E-state index contributed by atoms with van der Waals surface area (Å²) in [5.74, 6) is -0.0588. The number of hydrogen-bond acceptors (Lipinski definition) is 3. The van der Waals surface area contributed by atoms with E-state index in [0.29, 0.717) is 12.1 Å². The average molecular weight is 349 g/mol. The molecule has 2 aromatic rings. The Morgan fingerprint density at radius 3 is 2.46 bits per heavy atom. The molecule has 26 heavy (non-hydrogen) atoms. The van der Waals surface area contributed by atoms with Crippen LogP contribution < -0.4 is 10.2 Å². The van der Waals surface area contributed by atoms with E-state index in [1.807, 2.05) is 30.3 Å². The summed E-state index contributed by atoms with van der Waals surface area (Å²) in [6.45, 7) is 0.485. The second kappa shape index (κ2) is 8.43. The molecule has 1 heterocycles. The molecule has 5 heteroatoms. The van der Waals surface area contributed by atoms with Crippen LogP contribution in [0.1, 0.15) is 41.6 Å². The van der Waals surface area contributed by atoms with E-state index in [1.54, 1.807) is 36.5 Å². The van der Waals surface area contributed by atoms with Gasteiger partial charge in [0.2, 0.25) is 5.91 Å². The third-order valence-corrected chi connectivity index (χ3v) is 4.59. The number of pyridine rings is 1. The molecule has 0 atom stereocenters.